The first-order valence-electron chi connectivity index (χ1n) is 11.8. The molecule has 33 heavy (non-hydrogen) atoms. The normalized spacial score (nSPS) is 18.3. The molecule has 6 heteroatoms. The minimum atomic E-state index is -0.0279. The molecule has 1 aliphatic rings. The molecule has 1 aliphatic heterocycles. The van der Waals surface area contributed by atoms with Gasteiger partial charge >= 0.3 is 0 Å². The molecule has 1 fully saturated rings. The Labute approximate surface area is 200 Å². The van der Waals surface area contributed by atoms with Crippen molar-refractivity contribution in [3.05, 3.63) is 76.1 Å². The van der Waals surface area contributed by atoms with E-state index in [9.17, 15) is 4.79 Å². The fraction of sp³-hybridized carbons (Fsp3) is 0.407. The lowest BCUT2D eigenvalue weighted by Gasteiger charge is -2.31. The van der Waals surface area contributed by atoms with E-state index in [1.165, 1.54) is 11.1 Å². The molecule has 2 aromatic carbocycles. The maximum Gasteiger partial charge on any atom is 0.226 e. The summed E-state index contributed by atoms with van der Waals surface area (Å²) in [5.74, 6) is 1.77. The molecule has 0 spiro atoms. The fourth-order valence-corrected chi connectivity index (χ4v) is 4.59. The average molecular weight is 466 g/mol. The zero-order chi connectivity index (χ0) is 23.2. The number of oxazole rings is 1. The van der Waals surface area contributed by atoms with Gasteiger partial charge in [-0.2, -0.15) is 0 Å². The van der Waals surface area contributed by atoms with Crippen molar-refractivity contribution < 1.29 is 9.21 Å². The average Bonchev–Trinajstić information content (AvgIpc) is 3.20. The molecule has 3 aromatic rings. The Balaban J connectivity index is 1.38. The van der Waals surface area contributed by atoms with Gasteiger partial charge in [0.05, 0.1) is 5.69 Å². The SMILES string of the molecule is CCc1ccc(-c2nc(CC3CNCCC3C(=O)NCCc3ccc(Cl)cc3)c(C)o2)cc1. The second-order valence-corrected chi connectivity index (χ2v) is 9.24. The maximum absolute atomic E-state index is 13.0. The Hall–Kier alpha value is -2.63. The van der Waals surface area contributed by atoms with Crippen LogP contribution in [-0.2, 0) is 24.1 Å². The summed E-state index contributed by atoms with van der Waals surface area (Å²) in [6.07, 6.45) is 3.36. The van der Waals surface area contributed by atoms with E-state index >= 15 is 0 Å². The van der Waals surface area contributed by atoms with Crippen LogP contribution in [0.5, 0.6) is 0 Å². The molecule has 0 saturated carbocycles. The highest BCUT2D eigenvalue weighted by atomic mass is 35.5. The molecule has 0 bridgehead atoms. The zero-order valence-corrected chi connectivity index (χ0v) is 20.1. The first-order valence-corrected chi connectivity index (χ1v) is 12.2. The van der Waals surface area contributed by atoms with Crippen LogP contribution in [0.1, 0.15) is 35.9 Å². The predicted octanol–water partition coefficient (Wildman–Crippen LogP) is 4.99. The molecule has 1 amide bonds. The number of aryl methyl sites for hydroxylation is 2. The van der Waals surface area contributed by atoms with Crippen molar-refractivity contribution in [2.24, 2.45) is 11.8 Å². The van der Waals surface area contributed by atoms with E-state index in [0.29, 0.717) is 12.4 Å². The van der Waals surface area contributed by atoms with Crippen LogP contribution in [0.2, 0.25) is 5.02 Å². The molecule has 2 unspecified atom stereocenters. The van der Waals surface area contributed by atoms with Crippen molar-refractivity contribution in [3.8, 4) is 11.5 Å². The Kier molecular flexibility index (Phi) is 7.84. The lowest BCUT2D eigenvalue weighted by Crippen LogP contribution is -2.45. The van der Waals surface area contributed by atoms with E-state index in [1.807, 2.05) is 31.2 Å². The van der Waals surface area contributed by atoms with E-state index in [2.05, 4.69) is 41.8 Å². The lowest BCUT2D eigenvalue weighted by molar-refractivity contribution is -0.127. The van der Waals surface area contributed by atoms with Crippen LogP contribution in [0.25, 0.3) is 11.5 Å². The molecule has 5 nitrogen and oxygen atoms in total. The summed E-state index contributed by atoms with van der Waals surface area (Å²) in [6, 6.07) is 16.1. The van der Waals surface area contributed by atoms with Gasteiger partial charge in [0.15, 0.2) is 0 Å². The van der Waals surface area contributed by atoms with Crippen LogP contribution in [0.4, 0.5) is 0 Å². The molecule has 0 radical (unpaired) electrons. The van der Waals surface area contributed by atoms with Crippen molar-refractivity contribution in [2.75, 3.05) is 19.6 Å². The molecule has 0 aliphatic carbocycles. The van der Waals surface area contributed by atoms with Gasteiger partial charge in [-0.15, -0.1) is 0 Å². The van der Waals surface area contributed by atoms with Gasteiger partial charge in [0.25, 0.3) is 0 Å². The summed E-state index contributed by atoms with van der Waals surface area (Å²) >= 11 is 5.95. The molecular formula is C27H32ClN3O2. The van der Waals surface area contributed by atoms with Crippen molar-refractivity contribution in [1.29, 1.82) is 0 Å². The van der Waals surface area contributed by atoms with E-state index in [0.717, 1.165) is 60.8 Å². The van der Waals surface area contributed by atoms with Gasteiger partial charge in [-0.3, -0.25) is 4.79 Å². The Morgan fingerprint density at radius 2 is 1.88 bits per heavy atom. The monoisotopic (exact) mass is 465 g/mol. The summed E-state index contributed by atoms with van der Waals surface area (Å²) in [7, 11) is 0. The topological polar surface area (TPSA) is 67.2 Å². The van der Waals surface area contributed by atoms with Crippen molar-refractivity contribution in [1.82, 2.24) is 15.6 Å². The van der Waals surface area contributed by atoms with E-state index < -0.39 is 0 Å². The number of carbonyl (C=O) groups excluding carboxylic acids is 1. The molecule has 2 N–H and O–H groups in total. The molecule has 1 aromatic heterocycles. The number of hydrogen-bond donors (Lipinski definition) is 2. The number of nitrogens with zero attached hydrogens (tertiary/aromatic N) is 1. The predicted molar refractivity (Wildman–Crippen MR) is 132 cm³/mol. The van der Waals surface area contributed by atoms with Crippen molar-refractivity contribution in [3.63, 3.8) is 0 Å². The summed E-state index contributed by atoms with van der Waals surface area (Å²) < 4.78 is 5.99. The summed E-state index contributed by atoms with van der Waals surface area (Å²) in [4.78, 5) is 17.8. The molecule has 174 valence electrons. The van der Waals surface area contributed by atoms with Crippen LogP contribution in [0, 0.1) is 18.8 Å². The highest BCUT2D eigenvalue weighted by Crippen LogP contribution is 2.28. The summed E-state index contributed by atoms with van der Waals surface area (Å²) in [6.45, 7) is 6.40. The fourth-order valence-electron chi connectivity index (χ4n) is 4.47. The van der Waals surface area contributed by atoms with E-state index in [-0.39, 0.29) is 17.7 Å². The molecular weight excluding hydrogens is 434 g/mol. The first-order chi connectivity index (χ1) is 16.0. The second-order valence-electron chi connectivity index (χ2n) is 8.80. The van der Waals surface area contributed by atoms with E-state index in [1.54, 1.807) is 0 Å². The third-order valence-corrected chi connectivity index (χ3v) is 6.78. The minimum absolute atomic E-state index is 0.0279. The van der Waals surface area contributed by atoms with Crippen LogP contribution in [0.15, 0.2) is 52.9 Å². The van der Waals surface area contributed by atoms with Gasteiger partial charge in [0.1, 0.15) is 5.76 Å². The summed E-state index contributed by atoms with van der Waals surface area (Å²) in [5.41, 5.74) is 4.39. The third-order valence-electron chi connectivity index (χ3n) is 6.53. The second kappa shape index (κ2) is 11.0. The first kappa shape index (κ1) is 23.5. The maximum atomic E-state index is 13.0. The van der Waals surface area contributed by atoms with Gasteiger partial charge in [-0.25, -0.2) is 4.98 Å². The number of aromatic nitrogens is 1. The van der Waals surface area contributed by atoms with Gasteiger partial charge in [-0.05, 0) is 87.0 Å². The smallest absolute Gasteiger partial charge is 0.226 e. The number of carbonyl (C=O) groups is 1. The molecule has 2 atom stereocenters. The number of nitrogens with one attached hydrogen (secondary N) is 2. The number of rotatable bonds is 8. The van der Waals surface area contributed by atoms with Gasteiger partial charge in [0.2, 0.25) is 11.8 Å². The number of amides is 1. The number of halogens is 1. The van der Waals surface area contributed by atoms with Gasteiger partial charge in [0, 0.05) is 23.0 Å². The number of piperidine rings is 1. The Morgan fingerprint density at radius 3 is 2.61 bits per heavy atom. The third kappa shape index (κ3) is 6.04. The van der Waals surface area contributed by atoms with Crippen molar-refractivity contribution >= 4 is 17.5 Å². The quantitative estimate of drug-likeness (QED) is 0.491. The van der Waals surface area contributed by atoms with Gasteiger partial charge < -0.3 is 15.1 Å². The van der Waals surface area contributed by atoms with Crippen LogP contribution in [-0.4, -0.2) is 30.5 Å². The van der Waals surface area contributed by atoms with E-state index in [4.69, 9.17) is 21.0 Å². The van der Waals surface area contributed by atoms with Crippen LogP contribution < -0.4 is 10.6 Å². The molecule has 1 saturated heterocycles. The Morgan fingerprint density at radius 1 is 1.15 bits per heavy atom. The van der Waals surface area contributed by atoms with Crippen molar-refractivity contribution in [2.45, 2.75) is 39.5 Å². The largest absolute Gasteiger partial charge is 0.441 e. The van der Waals surface area contributed by atoms with Gasteiger partial charge in [-0.1, -0.05) is 42.8 Å². The molecule has 4 rings (SSSR count). The minimum Gasteiger partial charge on any atom is -0.441 e. The van der Waals surface area contributed by atoms with Crippen LogP contribution in [0.3, 0.4) is 0 Å². The zero-order valence-electron chi connectivity index (χ0n) is 19.4. The standard InChI is InChI=1S/C27H32ClN3O2/c1-3-19-4-8-21(9-5-19)27-31-25(18(2)33-27)16-22-17-29-14-13-24(22)26(32)30-15-12-20-6-10-23(28)11-7-20/h4-11,22,24,29H,3,12-17H2,1-2H3,(H,30,32). The highest BCUT2D eigenvalue weighted by molar-refractivity contribution is 6.30. The number of hydrogen-bond acceptors (Lipinski definition) is 4. The summed E-state index contributed by atoms with van der Waals surface area (Å²) in [5, 5.41) is 7.32. The lowest BCUT2D eigenvalue weighted by atomic mass is 9.82. The highest BCUT2D eigenvalue weighted by Gasteiger charge is 2.32. The number of benzene rings is 2. The van der Waals surface area contributed by atoms with Crippen LogP contribution >= 0.6 is 11.6 Å². The molecule has 2 heterocycles. The Bertz CT molecular complexity index is 1060.